The highest BCUT2D eigenvalue weighted by atomic mass is 16.5. The van der Waals surface area contributed by atoms with E-state index in [-0.39, 0.29) is 11.9 Å². The summed E-state index contributed by atoms with van der Waals surface area (Å²) in [5.74, 6) is 1.26. The quantitative estimate of drug-likeness (QED) is 0.383. The third-order valence-corrected chi connectivity index (χ3v) is 6.30. The molecule has 0 aliphatic carbocycles. The number of pyridine rings is 2. The highest BCUT2D eigenvalue weighted by Gasteiger charge is 2.28. The standard InChI is InChI=1S/C25H26N6O5/c1-14-10-15(4-6-27-14)18-2-3-19(35-18)24(33)28-17-11-20-22(29-23(17)31-8-5-16(32)13-31)30-25(36-20)21-12-26-7-9-34-21/h2-4,6,10-11,16,21,26,32H,5,7-9,12-13H2,1H3,(H,28,33). The van der Waals surface area contributed by atoms with Crippen LogP contribution in [-0.4, -0.2) is 64.9 Å². The Kier molecular flexibility index (Phi) is 5.88. The summed E-state index contributed by atoms with van der Waals surface area (Å²) in [5.41, 5.74) is 2.99. The van der Waals surface area contributed by atoms with Gasteiger partial charge in [-0.25, -0.2) is 4.98 Å². The van der Waals surface area contributed by atoms with Crippen LogP contribution in [0.4, 0.5) is 11.5 Å². The number of hydrogen-bond donors (Lipinski definition) is 3. The fourth-order valence-corrected chi connectivity index (χ4v) is 4.50. The Balaban J connectivity index is 1.31. The molecule has 0 spiro atoms. The van der Waals surface area contributed by atoms with Gasteiger partial charge in [-0.1, -0.05) is 0 Å². The molecule has 0 bridgehead atoms. The van der Waals surface area contributed by atoms with Crippen LogP contribution < -0.4 is 15.5 Å². The van der Waals surface area contributed by atoms with Crippen molar-refractivity contribution in [2.24, 2.45) is 0 Å². The van der Waals surface area contributed by atoms with Gasteiger partial charge in [0.15, 0.2) is 17.2 Å². The van der Waals surface area contributed by atoms with E-state index in [9.17, 15) is 9.90 Å². The lowest BCUT2D eigenvalue weighted by atomic mass is 10.2. The predicted octanol–water partition coefficient (Wildman–Crippen LogP) is 2.67. The Morgan fingerprint density at radius 2 is 2.14 bits per heavy atom. The summed E-state index contributed by atoms with van der Waals surface area (Å²) >= 11 is 0. The van der Waals surface area contributed by atoms with E-state index in [1.54, 1.807) is 24.4 Å². The number of oxazole rings is 1. The SMILES string of the molecule is Cc1cc(-c2ccc(C(=O)Nc3cc4oc(C5CNCCO5)nc4nc3N3CCC(O)C3)o2)ccn1. The van der Waals surface area contributed by atoms with E-state index in [1.165, 1.54) is 0 Å². The van der Waals surface area contributed by atoms with Crippen LogP contribution in [0.15, 0.2) is 45.4 Å². The smallest absolute Gasteiger partial charge is 0.291 e. The lowest BCUT2D eigenvalue weighted by Crippen LogP contribution is -2.33. The topological polar surface area (TPSA) is 139 Å². The highest BCUT2D eigenvalue weighted by Crippen LogP contribution is 2.33. The molecule has 2 aliphatic heterocycles. The molecule has 2 atom stereocenters. The normalized spacial score (nSPS) is 20.2. The molecule has 4 aromatic heterocycles. The first kappa shape index (κ1) is 22.7. The van der Waals surface area contributed by atoms with Gasteiger partial charge in [0.2, 0.25) is 11.5 Å². The minimum atomic E-state index is -0.461. The molecule has 0 radical (unpaired) electrons. The molecular weight excluding hydrogens is 464 g/mol. The number of ether oxygens (including phenoxy) is 1. The predicted molar refractivity (Wildman–Crippen MR) is 131 cm³/mol. The van der Waals surface area contributed by atoms with Crippen LogP contribution in [0.2, 0.25) is 0 Å². The first-order valence-electron chi connectivity index (χ1n) is 11.9. The van der Waals surface area contributed by atoms with Crippen molar-refractivity contribution in [1.82, 2.24) is 20.3 Å². The fourth-order valence-electron chi connectivity index (χ4n) is 4.50. The Morgan fingerprint density at radius 3 is 2.92 bits per heavy atom. The van der Waals surface area contributed by atoms with Gasteiger partial charge in [0, 0.05) is 49.7 Å². The number of aliphatic hydroxyl groups is 1. The summed E-state index contributed by atoms with van der Waals surface area (Å²) < 4.78 is 17.6. The number of amides is 1. The van der Waals surface area contributed by atoms with Gasteiger partial charge >= 0.3 is 0 Å². The molecule has 2 saturated heterocycles. The van der Waals surface area contributed by atoms with Crippen molar-refractivity contribution >= 4 is 28.6 Å². The van der Waals surface area contributed by atoms with Crippen LogP contribution in [0.1, 0.15) is 34.7 Å². The number of carbonyl (C=O) groups excluding carboxylic acids is 1. The van der Waals surface area contributed by atoms with E-state index in [1.807, 2.05) is 24.0 Å². The second-order valence-electron chi connectivity index (χ2n) is 8.99. The van der Waals surface area contributed by atoms with E-state index in [0.29, 0.717) is 67.0 Å². The molecule has 1 amide bonds. The number of rotatable bonds is 5. The van der Waals surface area contributed by atoms with E-state index in [0.717, 1.165) is 17.8 Å². The lowest BCUT2D eigenvalue weighted by molar-refractivity contribution is 0.0118. The average molecular weight is 491 g/mol. The third kappa shape index (κ3) is 4.43. The lowest BCUT2D eigenvalue weighted by Gasteiger charge is -2.20. The molecule has 0 aromatic carbocycles. The van der Waals surface area contributed by atoms with Crippen LogP contribution in [0.5, 0.6) is 0 Å². The Labute approximate surface area is 206 Å². The monoisotopic (exact) mass is 490 g/mol. The zero-order valence-corrected chi connectivity index (χ0v) is 19.7. The van der Waals surface area contributed by atoms with Crippen molar-refractivity contribution in [2.45, 2.75) is 25.6 Å². The molecule has 0 saturated carbocycles. The Hall–Kier alpha value is -3.80. The van der Waals surface area contributed by atoms with Crippen LogP contribution in [0, 0.1) is 6.92 Å². The number of hydrogen-bond acceptors (Lipinski definition) is 10. The van der Waals surface area contributed by atoms with Crippen LogP contribution in [0.3, 0.4) is 0 Å². The number of anilines is 2. The summed E-state index contributed by atoms with van der Waals surface area (Å²) in [6.07, 6.45) is 1.55. The minimum absolute atomic E-state index is 0.159. The van der Waals surface area contributed by atoms with Crippen LogP contribution >= 0.6 is 0 Å². The Morgan fingerprint density at radius 1 is 1.22 bits per heavy atom. The van der Waals surface area contributed by atoms with Gasteiger partial charge in [-0.3, -0.25) is 9.78 Å². The average Bonchev–Trinajstić information content (AvgIpc) is 3.63. The number of furan rings is 1. The van der Waals surface area contributed by atoms with Crippen molar-refractivity contribution in [1.29, 1.82) is 0 Å². The molecule has 2 aliphatic rings. The maximum atomic E-state index is 13.2. The van der Waals surface area contributed by atoms with Gasteiger partial charge in [0.1, 0.15) is 11.9 Å². The number of morpholine rings is 1. The van der Waals surface area contributed by atoms with Gasteiger partial charge in [-0.05, 0) is 37.6 Å². The number of nitrogens with zero attached hydrogens (tertiary/aromatic N) is 4. The van der Waals surface area contributed by atoms with Crippen LogP contribution in [0.25, 0.3) is 22.6 Å². The summed E-state index contributed by atoms with van der Waals surface area (Å²) in [5, 5.41) is 16.3. The molecule has 2 fully saturated rings. The number of aromatic nitrogens is 3. The zero-order valence-electron chi connectivity index (χ0n) is 19.7. The van der Waals surface area contributed by atoms with E-state index in [4.69, 9.17) is 18.6 Å². The number of β-amino-alcohol motifs (C(OH)–C–C–N with tert-alkyl or cyclic N) is 1. The summed E-state index contributed by atoms with van der Waals surface area (Å²) in [6, 6.07) is 8.82. The molecule has 11 nitrogen and oxygen atoms in total. The molecule has 4 aromatic rings. The largest absolute Gasteiger partial charge is 0.451 e. The van der Waals surface area contributed by atoms with E-state index >= 15 is 0 Å². The number of aryl methyl sites for hydroxylation is 1. The van der Waals surface area contributed by atoms with Gasteiger partial charge in [-0.15, -0.1) is 0 Å². The van der Waals surface area contributed by atoms with Crippen molar-refractivity contribution in [3.05, 3.63) is 53.9 Å². The maximum Gasteiger partial charge on any atom is 0.291 e. The van der Waals surface area contributed by atoms with Gasteiger partial charge < -0.3 is 34.2 Å². The van der Waals surface area contributed by atoms with Crippen LogP contribution in [-0.2, 0) is 4.74 Å². The van der Waals surface area contributed by atoms with E-state index in [2.05, 4.69) is 20.6 Å². The van der Waals surface area contributed by atoms with Gasteiger partial charge in [0.25, 0.3) is 5.91 Å². The molecule has 36 heavy (non-hydrogen) atoms. The molecule has 3 N–H and O–H groups in total. The first-order chi connectivity index (χ1) is 17.5. The number of carbonyl (C=O) groups is 1. The molecule has 186 valence electrons. The number of aliphatic hydroxyl groups excluding tert-OH is 1. The molecule has 6 rings (SSSR count). The van der Waals surface area contributed by atoms with E-state index < -0.39 is 12.0 Å². The highest BCUT2D eigenvalue weighted by molar-refractivity contribution is 6.05. The second kappa shape index (κ2) is 9.34. The molecule has 2 unspecified atom stereocenters. The summed E-state index contributed by atoms with van der Waals surface area (Å²) in [7, 11) is 0. The van der Waals surface area contributed by atoms with Crippen molar-refractivity contribution < 1.29 is 23.5 Å². The molecule has 11 heteroatoms. The minimum Gasteiger partial charge on any atom is -0.451 e. The molecular formula is C25H26N6O5. The number of fused-ring (bicyclic) bond motifs is 1. The third-order valence-electron chi connectivity index (χ3n) is 6.30. The zero-order chi connectivity index (χ0) is 24.6. The summed E-state index contributed by atoms with van der Waals surface area (Å²) in [6.45, 7) is 4.86. The second-order valence-corrected chi connectivity index (χ2v) is 8.99. The molecule has 6 heterocycles. The summed E-state index contributed by atoms with van der Waals surface area (Å²) in [4.78, 5) is 28.5. The van der Waals surface area contributed by atoms with Crippen molar-refractivity contribution in [3.8, 4) is 11.3 Å². The fraction of sp³-hybridized carbons (Fsp3) is 0.360. The van der Waals surface area contributed by atoms with Crippen molar-refractivity contribution in [3.63, 3.8) is 0 Å². The Bertz CT molecular complexity index is 1410. The number of nitrogens with one attached hydrogen (secondary N) is 2. The van der Waals surface area contributed by atoms with Crippen molar-refractivity contribution in [2.75, 3.05) is 43.0 Å². The van der Waals surface area contributed by atoms with Gasteiger partial charge in [-0.2, -0.15) is 4.98 Å². The first-order valence-corrected chi connectivity index (χ1v) is 11.9. The van der Waals surface area contributed by atoms with Gasteiger partial charge in [0.05, 0.1) is 18.4 Å². The maximum absolute atomic E-state index is 13.2.